The fraction of sp³-hybridized carbons (Fsp3) is 0.571. The van der Waals surface area contributed by atoms with E-state index in [4.69, 9.17) is 11.6 Å². The Labute approximate surface area is 108 Å². The molecule has 2 atom stereocenters. The standard InChI is InChI=1S/C14H20ClNO/c1-10-5-3-4-8-16(10)14-7-6-12(11(2)17)9-13(14)15/h6-7,9-11,17H,3-5,8H2,1-2H3/t10-,11-/m1/s1. The average molecular weight is 254 g/mol. The molecule has 2 nitrogen and oxygen atoms in total. The molecule has 0 saturated carbocycles. The number of rotatable bonds is 2. The Bertz CT molecular complexity index is 392. The number of hydrogen-bond donors (Lipinski definition) is 1. The van der Waals surface area contributed by atoms with Crippen molar-refractivity contribution in [3.05, 3.63) is 28.8 Å². The molecule has 0 bridgehead atoms. The third kappa shape index (κ3) is 2.75. The van der Waals surface area contributed by atoms with Crippen LogP contribution in [-0.4, -0.2) is 17.7 Å². The predicted octanol–water partition coefficient (Wildman–Crippen LogP) is 3.77. The SMILES string of the molecule is C[C@@H]1CCCCN1c1ccc([C@@H](C)O)cc1Cl. The largest absolute Gasteiger partial charge is 0.389 e. The van der Waals surface area contributed by atoms with Crippen molar-refractivity contribution in [2.75, 3.05) is 11.4 Å². The molecule has 1 aliphatic heterocycles. The minimum Gasteiger partial charge on any atom is -0.389 e. The Morgan fingerprint density at radius 2 is 2.18 bits per heavy atom. The van der Waals surface area contributed by atoms with E-state index in [2.05, 4.69) is 11.8 Å². The number of halogens is 1. The Morgan fingerprint density at radius 3 is 2.76 bits per heavy atom. The van der Waals surface area contributed by atoms with Gasteiger partial charge in [-0.25, -0.2) is 0 Å². The lowest BCUT2D eigenvalue weighted by Crippen LogP contribution is -2.37. The minimum absolute atomic E-state index is 0.458. The van der Waals surface area contributed by atoms with Gasteiger partial charge < -0.3 is 10.0 Å². The molecule has 1 fully saturated rings. The maximum atomic E-state index is 9.53. The van der Waals surface area contributed by atoms with Gasteiger partial charge >= 0.3 is 0 Å². The summed E-state index contributed by atoms with van der Waals surface area (Å²) in [5.74, 6) is 0. The van der Waals surface area contributed by atoms with Crippen molar-refractivity contribution in [3.63, 3.8) is 0 Å². The van der Waals surface area contributed by atoms with Crippen LogP contribution in [0.1, 0.15) is 44.8 Å². The van der Waals surface area contributed by atoms with Gasteiger partial charge in [-0.3, -0.25) is 0 Å². The summed E-state index contributed by atoms with van der Waals surface area (Å²) in [6, 6.07) is 6.43. The van der Waals surface area contributed by atoms with Crippen molar-refractivity contribution in [1.29, 1.82) is 0 Å². The van der Waals surface area contributed by atoms with E-state index in [1.54, 1.807) is 6.92 Å². The molecule has 1 aromatic rings. The second-order valence-electron chi connectivity index (χ2n) is 4.93. The van der Waals surface area contributed by atoms with Crippen LogP contribution < -0.4 is 4.90 Å². The maximum absolute atomic E-state index is 9.53. The van der Waals surface area contributed by atoms with Gasteiger partial charge in [0.05, 0.1) is 16.8 Å². The Morgan fingerprint density at radius 1 is 1.41 bits per heavy atom. The van der Waals surface area contributed by atoms with Crippen LogP contribution in [0.2, 0.25) is 5.02 Å². The van der Waals surface area contributed by atoms with Crippen molar-refractivity contribution in [2.45, 2.75) is 45.3 Å². The molecule has 2 rings (SSSR count). The molecule has 0 aromatic heterocycles. The van der Waals surface area contributed by atoms with Crippen molar-refractivity contribution >= 4 is 17.3 Å². The van der Waals surface area contributed by atoms with E-state index in [0.717, 1.165) is 22.8 Å². The smallest absolute Gasteiger partial charge is 0.0762 e. The molecule has 1 aromatic carbocycles. The molecule has 94 valence electrons. The van der Waals surface area contributed by atoms with E-state index < -0.39 is 6.10 Å². The normalized spacial score (nSPS) is 22.6. The summed E-state index contributed by atoms with van der Waals surface area (Å²) < 4.78 is 0. The van der Waals surface area contributed by atoms with Crippen LogP contribution in [0, 0.1) is 0 Å². The van der Waals surface area contributed by atoms with E-state index in [-0.39, 0.29) is 0 Å². The Hall–Kier alpha value is -0.730. The molecule has 1 N–H and O–H groups in total. The van der Waals surface area contributed by atoms with Crippen molar-refractivity contribution < 1.29 is 5.11 Å². The molecule has 0 unspecified atom stereocenters. The number of aliphatic hydroxyl groups excluding tert-OH is 1. The van der Waals surface area contributed by atoms with Crippen molar-refractivity contribution in [2.24, 2.45) is 0 Å². The van der Waals surface area contributed by atoms with Gasteiger partial charge in [-0.2, -0.15) is 0 Å². The quantitative estimate of drug-likeness (QED) is 0.867. The number of piperidine rings is 1. The lowest BCUT2D eigenvalue weighted by molar-refractivity contribution is 0.199. The lowest BCUT2D eigenvalue weighted by Gasteiger charge is -2.36. The second kappa shape index (κ2) is 5.28. The number of hydrogen-bond acceptors (Lipinski definition) is 2. The first-order valence-corrected chi connectivity index (χ1v) is 6.71. The molecule has 3 heteroatoms. The molecule has 0 aliphatic carbocycles. The highest BCUT2D eigenvalue weighted by atomic mass is 35.5. The highest BCUT2D eigenvalue weighted by Crippen LogP contribution is 2.32. The molecular formula is C14H20ClNO. The zero-order valence-corrected chi connectivity index (χ0v) is 11.2. The highest BCUT2D eigenvalue weighted by Gasteiger charge is 2.20. The molecule has 1 aliphatic rings. The van der Waals surface area contributed by atoms with Crippen molar-refractivity contribution in [3.8, 4) is 0 Å². The first kappa shape index (κ1) is 12.7. The van der Waals surface area contributed by atoms with Crippen LogP contribution in [0.5, 0.6) is 0 Å². The fourth-order valence-electron chi connectivity index (χ4n) is 2.47. The first-order chi connectivity index (χ1) is 8.09. The lowest BCUT2D eigenvalue weighted by atomic mass is 10.0. The van der Waals surface area contributed by atoms with E-state index in [9.17, 15) is 5.11 Å². The number of benzene rings is 1. The zero-order valence-electron chi connectivity index (χ0n) is 10.5. The highest BCUT2D eigenvalue weighted by molar-refractivity contribution is 6.33. The van der Waals surface area contributed by atoms with Crippen LogP contribution in [-0.2, 0) is 0 Å². The second-order valence-corrected chi connectivity index (χ2v) is 5.33. The summed E-state index contributed by atoms with van der Waals surface area (Å²) in [7, 11) is 0. The van der Waals surface area contributed by atoms with Crippen LogP contribution >= 0.6 is 11.6 Å². The Kier molecular flexibility index (Phi) is 3.95. The number of anilines is 1. The summed E-state index contributed by atoms with van der Waals surface area (Å²) in [4.78, 5) is 2.37. The average Bonchev–Trinajstić information content (AvgIpc) is 2.30. The van der Waals surface area contributed by atoms with E-state index in [1.807, 2.05) is 18.2 Å². The fourth-order valence-corrected chi connectivity index (χ4v) is 2.77. The number of aliphatic hydroxyl groups is 1. The molecule has 17 heavy (non-hydrogen) atoms. The van der Waals surface area contributed by atoms with Crippen LogP contribution in [0.25, 0.3) is 0 Å². The molecule has 1 heterocycles. The number of nitrogens with zero attached hydrogens (tertiary/aromatic N) is 1. The van der Waals surface area contributed by atoms with Crippen LogP contribution in [0.3, 0.4) is 0 Å². The van der Waals surface area contributed by atoms with Gasteiger partial charge in [0.15, 0.2) is 0 Å². The van der Waals surface area contributed by atoms with E-state index in [1.165, 1.54) is 19.3 Å². The van der Waals surface area contributed by atoms with Gasteiger partial charge in [-0.15, -0.1) is 0 Å². The van der Waals surface area contributed by atoms with Crippen molar-refractivity contribution in [1.82, 2.24) is 0 Å². The topological polar surface area (TPSA) is 23.5 Å². The van der Waals surface area contributed by atoms with Gasteiger partial charge in [-0.1, -0.05) is 17.7 Å². The van der Waals surface area contributed by atoms with Crippen LogP contribution in [0.15, 0.2) is 18.2 Å². The van der Waals surface area contributed by atoms with Gasteiger partial charge in [0.2, 0.25) is 0 Å². The molecular weight excluding hydrogens is 234 g/mol. The van der Waals surface area contributed by atoms with Gasteiger partial charge in [-0.05, 0) is 50.8 Å². The summed E-state index contributed by atoms with van der Waals surface area (Å²) in [6.45, 7) is 5.09. The maximum Gasteiger partial charge on any atom is 0.0762 e. The summed E-state index contributed by atoms with van der Waals surface area (Å²) in [5, 5.41) is 10.3. The van der Waals surface area contributed by atoms with E-state index in [0.29, 0.717) is 6.04 Å². The monoisotopic (exact) mass is 253 g/mol. The molecule has 0 spiro atoms. The first-order valence-electron chi connectivity index (χ1n) is 6.33. The zero-order chi connectivity index (χ0) is 12.4. The minimum atomic E-state index is -0.458. The third-order valence-electron chi connectivity index (χ3n) is 3.57. The van der Waals surface area contributed by atoms with Crippen LogP contribution in [0.4, 0.5) is 5.69 Å². The Balaban J connectivity index is 2.26. The molecule has 1 saturated heterocycles. The van der Waals surface area contributed by atoms with Gasteiger partial charge in [0.1, 0.15) is 0 Å². The molecule has 0 amide bonds. The summed E-state index contributed by atoms with van der Waals surface area (Å²) in [6.07, 6.45) is 3.31. The third-order valence-corrected chi connectivity index (χ3v) is 3.87. The molecule has 0 radical (unpaired) electrons. The van der Waals surface area contributed by atoms with E-state index >= 15 is 0 Å². The van der Waals surface area contributed by atoms with Gasteiger partial charge in [0.25, 0.3) is 0 Å². The predicted molar refractivity (Wildman–Crippen MR) is 72.7 cm³/mol. The van der Waals surface area contributed by atoms with Gasteiger partial charge in [0, 0.05) is 12.6 Å². The summed E-state index contributed by atoms with van der Waals surface area (Å²) in [5.41, 5.74) is 1.98. The summed E-state index contributed by atoms with van der Waals surface area (Å²) >= 11 is 6.32.